The fraction of sp³-hybridized carbons (Fsp3) is 0.273. The molecule has 3 aromatic rings. The second-order valence-electron chi connectivity index (χ2n) is 7.55. The number of nitrogens with zero attached hydrogens (tertiary/aromatic N) is 2. The quantitative estimate of drug-likeness (QED) is 0.304. The van der Waals surface area contributed by atoms with Gasteiger partial charge in [-0.05, 0) is 35.4 Å². The predicted octanol–water partition coefficient (Wildman–Crippen LogP) is 7.82. The lowest BCUT2D eigenvalue weighted by Crippen LogP contribution is -2.50. The van der Waals surface area contributed by atoms with Crippen LogP contribution in [-0.2, 0) is 17.0 Å². The molecule has 0 aliphatic carbocycles. The van der Waals surface area contributed by atoms with Crippen molar-refractivity contribution in [2.75, 3.05) is 0 Å². The Kier molecular flexibility index (Phi) is 7.88. The average Bonchev–Trinajstić information content (AvgIpc) is 3.25. The fourth-order valence-electron chi connectivity index (χ4n) is 3.27. The number of rotatable bonds is 6. The number of alkyl halides is 7. The number of aromatic nitrogens is 2. The zero-order valence-corrected chi connectivity index (χ0v) is 20.3. The number of nitrogens with one attached hydrogen (secondary N) is 1. The van der Waals surface area contributed by atoms with Gasteiger partial charge < -0.3 is 5.32 Å². The van der Waals surface area contributed by atoms with Crippen molar-refractivity contribution in [2.24, 2.45) is 0 Å². The zero-order chi connectivity index (χ0) is 27.1. The number of carbonyl (C=O) groups excluding carboxylic acids is 1. The Morgan fingerprint density at radius 1 is 0.917 bits per heavy atom. The number of amides is 1. The Morgan fingerprint density at radius 2 is 1.50 bits per heavy atom. The maximum Gasteiger partial charge on any atom is 0.435 e. The molecular weight excluding hydrogens is 562 g/mol. The Balaban J connectivity index is 2.00. The Labute approximate surface area is 214 Å². The van der Waals surface area contributed by atoms with Crippen LogP contribution in [0.4, 0.5) is 30.7 Å². The van der Waals surface area contributed by atoms with E-state index in [1.54, 1.807) is 25.1 Å². The highest BCUT2D eigenvalue weighted by atomic mass is 35.5. The number of halogens is 10. The number of hydrogen-bond donors (Lipinski definition) is 1. The minimum absolute atomic E-state index is 0.149. The van der Waals surface area contributed by atoms with Crippen LogP contribution in [0.5, 0.6) is 0 Å². The van der Waals surface area contributed by atoms with E-state index in [1.807, 2.05) is 0 Å². The maximum absolute atomic E-state index is 14.4. The molecule has 3 rings (SSSR count). The molecule has 1 heterocycles. The maximum atomic E-state index is 14.4. The van der Waals surface area contributed by atoms with E-state index in [0.717, 1.165) is 4.68 Å². The second-order valence-corrected chi connectivity index (χ2v) is 8.77. The lowest BCUT2D eigenvalue weighted by Gasteiger charge is -2.30. The first-order valence-corrected chi connectivity index (χ1v) is 11.2. The van der Waals surface area contributed by atoms with Gasteiger partial charge in [-0.25, -0.2) is 9.07 Å². The summed E-state index contributed by atoms with van der Waals surface area (Å²) in [6, 6.07) is 5.29. The molecule has 0 saturated carbocycles. The van der Waals surface area contributed by atoms with Crippen LogP contribution in [0, 0.1) is 0 Å². The summed E-state index contributed by atoms with van der Waals surface area (Å²) < 4.78 is 94.1. The molecule has 0 saturated heterocycles. The normalized spacial score (nSPS) is 12.6. The first-order valence-electron chi connectivity index (χ1n) is 10.0. The summed E-state index contributed by atoms with van der Waals surface area (Å²) in [4.78, 5) is 11.5. The van der Waals surface area contributed by atoms with Gasteiger partial charge in [0.1, 0.15) is 5.69 Å². The monoisotopic (exact) mass is 575 g/mol. The van der Waals surface area contributed by atoms with Crippen LogP contribution in [0.2, 0.25) is 15.1 Å². The Bertz CT molecular complexity index is 1250. The minimum atomic E-state index is -6.32. The van der Waals surface area contributed by atoms with Crippen LogP contribution in [-0.4, -0.2) is 28.0 Å². The van der Waals surface area contributed by atoms with Crippen molar-refractivity contribution in [2.45, 2.75) is 37.9 Å². The van der Waals surface area contributed by atoms with Crippen molar-refractivity contribution in [3.8, 4) is 16.8 Å². The number of benzene rings is 2. The van der Waals surface area contributed by atoms with E-state index in [1.165, 1.54) is 12.4 Å². The predicted molar refractivity (Wildman–Crippen MR) is 121 cm³/mol. The van der Waals surface area contributed by atoms with Crippen molar-refractivity contribution >= 4 is 40.7 Å². The van der Waals surface area contributed by atoms with Crippen molar-refractivity contribution in [1.82, 2.24) is 15.1 Å². The van der Waals surface area contributed by atoms with Crippen molar-refractivity contribution < 1.29 is 35.5 Å². The second kappa shape index (κ2) is 10.1. The minimum Gasteiger partial charge on any atom is -0.352 e. The van der Waals surface area contributed by atoms with Gasteiger partial charge in [-0.15, -0.1) is 0 Å². The summed E-state index contributed by atoms with van der Waals surface area (Å²) in [6.45, 7) is 1.83. The van der Waals surface area contributed by atoms with Gasteiger partial charge in [0, 0.05) is 35.3 Å². The summed E-state index contributed by atoms with van der Waals surface area (Å²) in [5, 5.41) is 5.70. The van der Waals surface area contributed by atoms with Crippen molar-refractivity contribution in [1.29, 1.82) is 0 Å². The zero-order valence-electron chi connectivity index (χ0n) is 18.0. The van der Waals surface area contributed by atoms with Gasteiger partial charge in [-0.1, -0.05) is 47.8 Å². The van der Waals surface area contributed by atoms with Crippen molar-refractivity contribution in [3.63, 3.8) is 0 Å². The molecule has 0 spiro atoms. The molecule has 14 heteroatoms. The van der Waals surface area contributed by atoms with E-state index in [2.05, 4.69) is 10.4 Å². The molecule has 0 aliphatic heterocycles. The van der Waals surface area contributed by atoms with E-state index < -0.39 is 33.6 Å². The average molecular weight is 577 g/mol. The summed E-state index contributed by atoms with van der Waals surface area (Å²) >= 11 is 18.1. The number of carbonyl (C=O) groups is 1. The highest BCUT2D eigenvalue weighted by Crippen LogP contribution is 2.54. The summed E-state index contributed by atoms with van der Waals surface area (Å²) in [7, 11) is 0. The van der Waals surface area contributed by atoms with E-state index in [4.69, 9.17) is 34.8 Å². The lowest BCUT2D eigenvalue weighted by molar-refractivity contribution is -0.348. The highest BCUT2D eigenvalue weighted by molar-refractivity contribution is 6.37. The van der Waals surface area contributed by atoms with Gasteiger partial charge >= 0.3 is 18.0 Å². The number of hydrogen-bond acceptors (Lipinski definition) is 2. The molecule has 1 N–H and O–H groups in total. The van der Waals surface area contributed by atoms with E-state index >= 15 is 0 Å². The fourth-order valence-corrected chi connectivity index (χ4v) is 4.12. The Hall–Kier alpha value is -2.50. The van der Waals surface area contributed by atoms with Gasteiger partial charge in [0.25, 0.3) is 0 Å². The molecule has 1 aromatic heterocycles. The van der Waals surface area contributed by atoms with Crippen LogP contribution < -0.4 is 5.32 Å². The molecule has 4 nitrogen and oxygen atoms in total. The van der Waals surface area contributed by atoms with Crippen molar-refractivity contribution in [3.05, 3.63) is 68.9 Å². The summed E-state index contributed by atoms with van der Waals surface area (Å²) in [5.41, 5.74) is -6.14. The molecule has 0 bridgehead atoms. The molecule has 36 heavy (non-hydrogen) atoms. The third-order valence-corrected chi connectivity index (χ3v) is 6.13. The van der Waals surface area contributed by atoms with Crippen LogP contribution in [0.3, 0.4) is 0 Å². The van der Waals surface area contributed by atoms with Gasteiger partial charge in [0.05, 0.1) is 16.2 Å². The SMILES string of the molecule is CCC(=O)NCc1cc(-c2cnn(-c3c(Cl)cc(C(F)(C(F)(F)F)C(F)(F)F)cc3Cl)c2)ccc1Cl. The largest absolute Gasteiger partial charge is 0.435 e. The van der Waals surface area contributed by atoms with Gasteiger partial charge in [0.15, 0.2) is 0 Å². The smallest absolute Gasteiger partial charge is 0.352 e. The van der Waals surface area contributed by atoms with Gasteiger partial charge in [-0.3, -0.25) is 4.79 Å². The molecule has 0 radical (unpaired) electrons. The summed E-state index contributed by atoms with van der Waals surface area (Å²) in [6.07, 6.45) is -9.66. The third kappa shape index (κ3) is 5.28. The lowest BCUT2D eigenvalue weighted by atomic mass is 9.94. The topological polar surface area (TPSA) is 46.9 Å². The highest BCUT2D eigenvalue weighted by Gasteiger charge is 2.73. The van der Waals surface area contributed by atoms with E-state index in [-0.39, 0.29) is 36.7 Å². The van der Waals surface area contributed by atoms with E-state index in [0.29, 0.717) is 21.7 Å². The summed E-state index contributed by atoms with van der Waals surface area (Å²) in [5.74, 6) is -0.189. The van der Waals surface area contributed by atoms with Crippen LogP contribution in [0.15, 0.2) is 42.7 Å². The first kappa shape index (κ1) is 28.1. The molecule has 2 aromatic carbocycles. The van der Waals surface area contributed by atoms with Crippen LogP contribution >= 0.6 is 34.8 Å². The van der Waals surface area contributed by atoms with Gasteiger partial charge in [-0.2, -0.15) is 31.4 Å². The first-order chi connectivity index (χ1) is 16.6. The van der Waals surface area contributed by atoms with Crippen LogP contribution in [0.1, 0.15) is 24.5 Å². The van der Waals surface area contributed by atoms with Gasteiger partial charge in [0.2, 0.25) is 5.91 Å². The molecular formula is C22H15Cl3F7N3O. The molecule has 0 atom stereocenters. The van der Waals surface area contributed by atoms with E-state index in [9.17, 15) is 35.5 Å². The molecule has 194 valence electrons. The molecule has 0 fully saturated rings. The standard InChI is InChI=1S/C22H15Cl3F7N3O/c1-2-18(36)33-8-12-5-11(3-4-15(12)23)13-9-34-35(10-13)19-16(24)6-14(7-17(19)25)20(26,21(27,28)29)22(30,31)32/h3-7,9-10H,2,8H2,1H3,(H,33,36). The third-order valence-electron chi connectivity index (χ3n) is 5.18. The molecule has 0 aliphatic rings. The molecule has 1 amide bonds. The van der Waals surface area contributed by atoms with Crippen LogP contribution in [0.25, 0.3) is 16.8 Å². The molecule has 0 unspecified atom stereocenters. The Morgan fingerprint density at radius 3 is 2.03 bits per heavy atom.